The van der Waals surface area contributed by atoms with Crippen LogP contribution in [0.2, 0.25) is 5.15 Å². The molecule has 1 aromatic heterocycles. The second kappa shape index (κ2) is 5.32. The number of hydrogen-bond acceptors (Lipinski definition) is 3. The zero-order chi connectivity index (χ0) is 12.1. The Morgan fingerprint density at radius 2 is 1.94 bits per heavy atom. The normalized spacial score (nSPS) is 9.71. The number of ether oxygens (including phenoxy) is 1. The molecule has 0 saturated heterocycles. The van der Waals surface area contributed by atoms with Crippen LogP contribution in [0.15, 0.2) is 48.7 Å². The van der Waals surface area contributed by atoms with E-state index in [1.807, 2.05) is 6.07 Å². The Balaban J connectivity index is 2.01. The van der Waals surface area contributed by atoms with E-state index >= 15 is 0 Å². The van der Waals surface area contributed by atoms with Gasteiger partial charge in [-0.25, -0.2) is 9.78 Å². The maximum Gasteiger partial charge on any atom is 0.417 e. The highest BCUT2D eigenvalue weighted by molar-refractivity contribution is 6.32. The molecule has 0 saturated carbocycles. The lowest BCUT2D eigenvalue weighted by molar-refractivity contribution is 0.215. The van der Waals surface area contributed by atoms with Crippen molar-refractivity contribution in [3.05, 3.63) is 53.8 Å². The molecule has 2 rings (SSSR count). The summed E-state index contributed by atoms with van der Waals surface area (Å²) in [7, 11) is 0. The molecular weight excluding hydrogens is 240 g/mol. The van der Waals surface area contributed by atoms with E-state index in [1.54, 1.807) is 36.4 Å². The van der Waals surface area contributed by atoms with Crippen molar-refractivity contribution >= 4 is 23.4 Å². The van der Waals surface area contributed by atoms with Crippen LogP contribution in [0.25, 0.3) is 0 Å². The van der Waals surface area contributed by atoms with E-state index in [4.69, 9.17) is 16.3 Å². The Bertz CT molecular complexity index is 517. The first-order valence-electron chi connectivity index (χ1n) is 4.90. The van der Waals surface area contributed by atoms with Crippen molar-refractivity contribution in [2.45, 2.75) is 0 Å². The Kier molecular flexibility index (Phi) is 3.57. The Morgan fingerprint density at radius 3 is 2.65 bits per heavy atom. The summed E-state index contributed by atoms with van der Waals surface area (Å²) in [6, 6.07) is 12.1. The summed E-state index contributed by atoms with van der Waals surface area (Å²) in [4.78, 5) is 15.3. The third kappa shape index (κ3) is 3.19. The molecule has 1 aromatic carbocycles. The minimum Gasteiger partial charge on any atom is -0.410 e. The van der Waals surface area contributed by atoms with Gasteiger partial charge in [-0.3, -0.25) is 5.32 Å². The van der Waals surface area contributed by atoms with Crippen molar-refractivity contribution in [2.24, 2.45) is 0 Å². The summed E-state index contributed by atoms with van der Waals surface area (Å²) >= 11 is 5.79. The van der Waals surface area contributed by atoms with Crippen LogP contribution in [-0.4, -0.2) is 11.1 Å². The second-order valence-corrected chi connectivity index (χ2v) is 3.53. The monoisotopic (exact) mass is 248 g/mol. The zero-order valence-corrected chi connectivity index (χ0v) is 9.52. The first-order valence-corrected chi connectivity index (χ1v) is 5.28. The molecule has 5 heteroatoms. The maximum atomic E-state index is 11.5. The highest BCUT2D eigenvalue weighted by atomic mass is 35.5. The van der Waals surface area contributed by atoms with Crippen LogP contribution >= 0.6 is 11.6 Å². The first-order chi connectivity index (χ1) is 8.25. The number of benzene rings is 1. The number of anilines is 1. The number of nitrogens with zero attached hydrogens (tertiary/aromatic N) is 1. The number of carbonyl (C=O) groups is 1. The smallest absolute Gasteiger partial charge is 0.410 e. The Hall–Kier alpha value is -2.07. The predicted octanol–water partition coefficient (Wildman–Crippen LogP) is 3.35. The molecule has 2 aromatic rings. The van der Waals surface area contributed by atoms with Crippen LogP contribution in [-0.2, 0) is 0 Å². The standard InChI is InChI=1S/C12H9ClN2O2/c13-11-10(7-4-8-14-11)15-12(16)17-9-5-2-1-3-6-9/h1-8H,(H,15,16). The molecule has 0 aliphatic rings. The van der Waals surface area contributed by atoms with Crippen molar-refractivity contribution < 1.29 is 9.53 Å². The summed E-state index contributed by atoms with van der Waals surface area (Å²) in [6.07, 6.45) is 0.932. The summed E-state index contributed by atoms with van der Waals surface area (Å²) in [5.74, 6) is 0.463. The lowest BCUT2D eigenvalue weighted by Gasteiger charge is -2.06. The molecule has 1 amide bonds. The molecular formula is C12H9ClN2O2. The van der Waals surface area contributed by atoms with Crippen LogP contribution < -0.4 is 10.1 Å². The lowest BCUT2D eigenvalue weighted by atomic mass is 10.3. The maximum absolute atomic E-state index is 11.5. The van der Waals surface area contributed by atoms with E-state index in [0.717, 1.165) is 0 Å². The number of para-hydroxylation sites is 1. The number of carbonyl (C=O) groups excluding carboxylic acids is 1. The molecule has 0 aliphatic heterocycles. The van der Waals surface area contributed by atoms with Gasteiger partial charge in [0.2, 0.25) is 0 Å². The molecule has 0 fully saturated rings. The summed E-state index contributed by atoms with van der Waals surface area (Å²) in [6.45, 7) is 0. The van der Waals surface area contributed by atoms with Gasteiger partial charge in [-0.2, -0.15) is 0 Å². The molecule has 1 N–H and O–H groups in total. The van der Waals surface area contributed by atoms with Gasteiger partial charge in [0, 0.05) is 6.20 Å². The molecule has 0 unspecified atom stereocenters. The van der Waals surface area contributed by atoms with Crippen molar-refractivity contribution in [1.82, 2.24) is 4.98 Å². The average Bonchev–Trinajstić information content (AvgIpc) is 2.33. The lowest BCUT2D eigenvalue weighted by Crippen LogP contribution is -2.17. The molecule has 1 heterocycles. The molecule has 0 spiro atoms. The number of nitrogens with one attached hydrogen (secondary N) is 1. The highest BCUT2D eigenvalue weighted by Gasteiger charge is 2.07. The molecule has 4 nitrogen and oxygen atoms in total. The molecule has 0 atom stereocenters. The topological polar surface area (TPSA) is 51.2 Å². The van der Waals surface area contributed by atoms with Gasteiger partial charge in [0.1, 0.15) is 5.75 Å². The first kappa shape index (κ1) is 11.4. The van der Waals surface area contributed by atoms with Gasteiger partial charge in [0.15, 0.2) is 5.15 Å². The average molecular weight is 249 g/mol. The van der Waals surface area contributed by atoms with Crippen molar-refractivity contribution in [2.75, 3.05) is 5.32 Å². The van der Waals surface area contributed by atoms with Crippen LogP contribution in [0.4, 0.5) is 10.5 Å². The molecule has 86 valence electrons. The van der Waals surface area contributed by atoms with Crippen LogP contribution in [0.5, 0.6) is 5.75 Å². The van der Waals surface area contributed by atoms with Gasteiger partial charge in [0.05, 0.1) is 5.69 Å². The SMILES string of the molecule is O=C(Nc1cccnc1Cl)Oc1ccccc1. The molecule has 0 radical (unpaired) electrons. The zero-order valence-electron chi connectivity index (χ0n) is 8.76. The minimum atomic E-state index is -0.605. The number of rotatable bonds is 2. The van der Waals surface area contributed by atoms with Crippen LogP contribution in [0.1, 0.15) is 0 Å². The summed E-state index contributed by atoms with van der Waals surface area (Å²) < 4.78 is 5.04. The predicted molar refractivity (Wildman–Crippen MR) is 65.3 cm³/mol. The van der Waals surface area contributed by atoms with Gasteiger partial charge >= 0.3 is 6.09 Å². The number of halogens is 1. The van der Waals surface area contributed by atoms with E-state index in [9.17, 15) is 4.79 Å². The van der Waals surface area contributed by atoms with Crippen molar-refractivity contribution in [3.63, 3.8) is 0 Å². The largest absolute Gasteiger partial charge is 0.417 e. The van der Waals surface area contributed by atoms with Gasteiger partial charge < -0.3 is 4.74 Å². The van der Waals surface area contributed by atoms with E-state index in [1.165, 1.54) is 6.20 Å². The van der Waals surface area contributed by atoms with E-state index < -0.39 is 6.09 Å². The van der Waals surface area contributed by atoms with E-state index in [0.29, 0.717) is 11.4 Å². The third-order valence-corrected chi connectivity index (χ3v) is 2.25. The van der Waals surface area contributed by atoms with Crippen LogP contribution in [0, 0.1) is 0 Å². The number of aromatic nitrogens is 1. The van der Waals surface area contributed by atoms with Gasteiger partial charge in [0.25, 0.3) is 0 Å². The molecule has 0 bridgehead atoms. The van der Waals surface area contributed by atoms with Gasteiger partial charge in [-0.1, -0.05) is 29.8 Å². The third-order valence-electron chi connectivity index (χ3n) is 1.95. The number of pyridine rings is 1. The number of hydrogen-bond donors (Lipinski definition) is 1. The van der Waals surface area contributed by atoms with Gasteiger partial charge in [-0.05, 0) is 24.3 Å². The molecule has 17 heavy (non-hydrogen) atoms. The van der Waals surface area contributed by atoms with Crippen molar-refractivity contribution in [3.8, 4) is 5.75 Å². The van der Waals surface area contributed by atoms with E-state index in [2.05, 4.69) is 10.3 Å². The minimum absolute atomic E-state index is 0.220. The second-order valence-electron chi connectivity index (χ2n) is 3.17. The fraction of sp³-hybridized carbons (Fsp3) is 0. The van der Waals surface area contributed by atoms with Gasteiger partial charge in [-0.15, -0.1) is 0 Å². The highest BCUT2D eigenvalue weighted by Crippen LogP contribution is 2.18. The summed E-state index contributed by atoms with van der Waals surface area (Å²) in [5.41, 5.74) is 0.412. The fourth-order valence-electron chi connectivity index (χ4n) is 1.21. The quantitative estimate of drug-likeness (QED) is 0.830. The Morgan fingerprint density at radius 1 is 1.18 bits per heavy atom. The van der Waals surface area contributed by atoms with E-state index in [-0.39, 0.29) is 5.15 Å². The fourth-order valence-corrected chi connectivity index (χ4v) is 1.38. The molecule has 0 aliphatic carbocycles. The summed E-state index contributed by atoms with van der Waals surface area (Å²) in [5, 5.41) is 2.72. The van der Waals surface area contributed by atoms with Crippen molar-refractivity contribution in [1.29, 1.82) is 0 Å². The number of amides is 1. The Labute approximate surface area is 103 Å². The van der Waals surface area contributed by atoms with Crippen LogP contribution in [0.3, 0.4) is 0 Å².